The van der Waals surface area contributed by atoms with Crippen molar-refractivity contribution in [2.24, 2.45) is 4.99 Å². The number of benzene rings is 2. The van der Waals surface area contributed by atoms with Gasteiger partial charge < -0.3 is 5.73 Å². The molecule has 0 unspecified atom stereocenters. The molecule has 0 bridgehead atoms. The van der Waals surface area contributed by atoms with Crippen LogP contribution in [0.4, 0.5) is 11.4 Å². The number of fused-ring (bicyclic) bond motifs is 1. The predicted octanol–water partition coefficient (Wildman–Crippen LogP) is 3.71. The summed E-state index contributed by atoms with van der Waals surface area (Å²) < 4.78 is 1.08. The van der Waals surface area contributed by atoms with E-state index in [0.29, 0.717) is 0 Å². The number of nitrogen functional groups attached to an aromatic ring is 1. The van der Waals surface area contributed by atoms with Crippen LogP contribution in [0.25, 0.3) is 0 Å². The zero-order valence-corrected chi connectivity index (χ0v) is 10.7. The molecule has 3 rings (SSSR count). The molecule has 1 aliphatic rings. The monoisotopic (exact) mass is 286 g/mol. The average Bonchev–Trinajstić information content (AvgIpc) is 2.72. The fraction of sp³-hybridized carbons (Fsp3) is 0.0714. The molecule has 0 fully saturated rings. The molecule has 0 aliphatic carbocycles. The number of anilines is 1. The topological polar surface area (TPSA) is 38.4 Å². The Labute approximate surface area is 108 Å². The second-order valence-corrected chi connectivity index (χ2v) is 5.05. The Bertz CT molecular complexity index is 600. The van der Waals surface area contributed by atoms with Gasteiger partial charge in [-0.25, -0.2) is 0 Å². The zero-order valence-electron chi connectivity index (χ0n) is 9.15. The van der Waals surface area contributed by atoms with Crippen LogP contribution in [0.1, 0.15) is 11.1 Å². The molecule has 2 nitrogen and oxygen atoms in total. The molecule has 0 aromatic heterocycles. The molecule has 0 spiro atoms. The fourth-order valence-electron chi connectivity index (χ4n) is 2.01. The first-order valence-electron chi connectivity index (χ1n) is 5.44. The van der Waals surface area contributed by atoms with Gasteiger partial charge in [0, 0.05) is 16.6 Å². The Hall–Kier alpha value is -1.61. The fourth-order valence-corrected chi connectivity index (χ4v) is 2.27. The third-order valence-corrected chi connectivity index (χ3v) is 3.43. The highest BCUT2D eigenvalue weighted by atomic mass is 79.9. The van der Waals surface area contributed by atoms with Gasteiger partial charge in [-0.05, 0) is 35.4 Å². The van der Waals surface area contributed by atoms with E-state index in [1.54, 1.807) is 0 Å². The Morgan fingerprint density at radius 3 is 2.59 bits per heavy atom. The Morgan fingerprint density at radius 2 is 1.82 bits per heavy atom. The Morgan fingerprint density at radius 1 is 1.06 bits per heavy atom. The van der Waals surface area contributed by atoms with E-state index in [2.05, 4.69) is 39.1 Å². The van der Waals surface area contributed by atoms with Crippen molar-refractivity contribution in [3.8, 4) is 0 Å². The Balaban J connectivity index is 1.99. The summed E-state index contributed by atoms with van der Waals surface area (Å²) >= 11 is 3.44. The van der Waals surface area contributed by atoms with Crippen molar-refractivity contribution in [1.82, 2.24) is 0 Å². The summed E-state index contributed by atoms with van der Waals surface area (Å²) in [5.74, 6) is 0. The standard InChI is InChI=1S/C14H11BrN2/c15-11-4-1-9(2-5-11)13-7-10-3-6-12(16)8-14(10)17-13/h1-6,8H,7,16H2. The van der Waals surface area contributed by atoms with Crippen LogP contribution >= 0.6 is 15.9 Å². The SMILES string of the molecule is Nc1ccc2c(c1)N=C(c1ccc(Br)cc1)C2. The molecule has 17 heavy (non-hydrogen) atoms. The van der Waals surface area contributed by atoms with Gasteiger partial charge in [-0.1, -0.05) is 34.1 Å². The average molecular weight is 287 g/mol. The molecule has 2 aromatic carbocycles. The van der Waals surface area contributed by atoms with Gasteiger partial charge in [-0.2, -0.15) is 0 Å². The predicted molar refractivity (Wildman–Crippen MR) is 74.9 cm³/mol. The molecule has 1 aliphatic heterocycles. The molecule has 3 heteroatoms. The highest BCUT2D eigenvalue weighted by molar-refractivity contribution is 9.10. The van der Waals surface area contributed by atoms with Crippen LogP contribution < -0.4 is 5.73 Å². The van der Waals surface area contributed by atoms with Crippen molar-refractivity contribution >= 4 is 33.0 Å². The lowest BCUT2D eigenvalue weighted by Gasteiger charge is -2.00. The van der Waals surface area contributed by atoms with Gasteiger partial charge in [0.1, 0.15) is 0 Å². The van der Waals surface area contributed by atoms with Crippen molar-refractivity contribution in [3.05, 3.63) is 58.1 Å². The minimum Gasteiger partial charge on any atom is -0.399 e. The van der Waals surface area contributed by atoms with E-state index in [0.717, 1.165) is 28.0 Å². The largest absolute Gasteiger partial charge is 0.399 e. The van der Waals surface area contributed by atoms with Crippen LogP contribution in [0.5, 0.6) is 0 Å². The minimum absolute atomic E-state index is 0.768. The summed E-state index contributed by atoms with van der Waals surface area (Å²) in [4.78, 5) is 4.63. The zero-order chi connectivity index (χ0) is 11.8. The van der Waals surface area contributed by atoms with E-state index >= 15 is 0 Å². The highest BCUT2D eigenvalue weighted by Gasteiger charge is 2.15. The number of rotatable bonds is 1. The molecule has 2 aromatic rings. The van der Waals surface area contributed by atoms with Crippen molar-refractivity contribution in [3.63, 3.8) is 0 Å². The van der Waals surface area contributed by atoms with Crippen LogP contribution in [0, 0.1) is 0 Å². The number of nitrogens with zero attached hydrogens (tertiary/aromatic N) is 1. The molecule has 0 atom stereocenters. The number of hydrogen-bond acceptors (Lipinski definition) is 2. The summed E-state index contributed by atoms with van der Waals surface area (Å²) in [6.07, 6.45) is 0.886. The maximum absolute atomic E-state index is 5.76. The highest BCUT2D eigenvalue weighted by Crippen LogP contribution is 2.30. The van der Waals surface area contributed by atoms with Crippen LogP contribution in [0.15, 0.2) is 51.9 Å². The lowest BCUT2D eigenvalue weighted by Crippen LogP contribution is -1.99. The van der Waals surface area contributed by atoms with E-state index in [9.17, 15) is 0 Å². The molecular formula is C14H11BrN2. The smallest absolute Gasteiger partial charge is 0.0689 e. The first-order valence-corrected chi connectivity index (χ1v) is 6.23. The molecule has 1 heterocycles. The summed E-state index contributed by atoms with van der Waals surface area (Å²) in [6, 6.07) is 14.2. The third kappa shape index (κ3) is 1.98. The maximum atomic E-state index is 5.76. The third-order valence-electron chi connectivity index (χ3n) is 2.90. The first kappa shape index (κ1) is 10.5. The number of halogens is 1. The second kappa shape index (κ2) is 4.00. The summed E-state index contributed by atoms with van der Waals surface area (Å²) in [5.41, 5.74) is 11.1. The molecule has 0 saturated heterocycles. The molecule has 0 radical (unpaired) electrons. The van der Waals surface area contributed by atoms with E-state index in [1.165, 1.54) is 11.1 Å². The molecule has 84 valence electrons. The van der Waals surface area contributed by atoms with E-state index in [4.69, 9.17) is 5.73 Å². The van der Waals surface area contributed by atoms with Crippen LogP contribution in [0.2, 0.25) is 0 Å². The molecular weight excluding hydrogens is 276 g/mol. The van der Waals surface area contributed by atoms with Crippen molar-refractivity contribution < 1.29 is 0 Å². The van der Waals surface area contributed by atoms with Crippen LogP contribution in [0.3, 0.4) is 0 Å². The van der Waals surface area contributed by atoms with Crippen LogP contribution in [-0.2, 0) is 6.42 Å². The van der Waals surface area contributed by atoms with Crippen molar-refractivity contribution in [2.45, 2.75) is 6.42 Å². The number of nitrogens with two attached hydrogens (primary N) is 1. The van der Waals surface area contributed by atoms with Gasteiger partial charge in [0.05, 0.1) is 11.4 Å². The van der Waals surface area contributed by atoms with Gasteiger partial charge in [0.2, 0.25) is 0 Å². The van der Waals surface area contributed by atoms with Gasteiger partial charge in [-0.3, -0.25) is 4.99 Å². The lowest BCUT2D eigenvalue weighted by atomic mass is 10.0. The lowest BCUT2D eigenvalue weighted by molar-refractivity contribution is 1.39. The van der Waals surface area contributed by atoms with Crippen molar-refractivity contribution in [2.75, 3.05) is 5.73 Å². The van der Waals surface area contributed by atoms with Crippen LogP contribution in [-0.4, -0.2) is 5.71 Å². The molecule has 0 saturated carbocycles. The van der Waals surface area contributed by atoms with E-state index in [-0.39, 0.29) is 0 Å². The second-order valence-electron chi connectivity index (χ2n) is 4.13. The minimum atomic E-state index is 0.768. The van der Waals surface area contributed by atoms with Gasteiger partial charge in [-0.15, -0.1) is 0 Å². The number of hydrogen-bond donors (Lipinski definition) is 1. The maximum Gasteiger partial charge on any atom is 0.0689 e. The Kier molecular flexibility index (Phi) is 2.48. The van der Waals surface area contributed by atoms with E-state index < -0.39 is 0 Å². The van der Waals surface area contributed by atoms with Gasteiger partial charge >= 0.3 is 0 Å². The quantitative estimate of drug-likeness (QED) is 0.798. The summed E-state index contributed by atoms with van der Waals surface area (Å²) in [7, 11) is 0. The van der Waals surface area contributed by atoms with Gasteiger partial charge in [0.25, 0.3) is 0 Å². The van der Waals surface area contributed by atoms with Gasteiger partial charge in [0.15, 0.2) is 0 Å². The van der Waals surface area contributed by atoms with Crippen molar-refractivity contribution in [1.29, 1.82) is 0 Å². The molecule has 2 N–H and O–H groups in total. The summed E-state index contributed by atoms with van der Waals surface area (Å²) in [5, 5.41) is 0. The van der Waals surface area contributed by atoms with E-state index in [1.807, 2.05) is 24.3 Å². The summed E-state index contributed by atoms with van der Waals surface area (Å²) in [6.45, 7) is 0. The first-order chi connectivity index (χ1) is 8.22. The molecule has 0 amide bonds. The number of aliphatic imine (C=N–C) groups is 1. The normalized spacial score (nSPS) is 13.4.